The number of aromatic nitrogens is 3. The van der Waals surface area contributed by atoms with Crippen LogP contribution in [0.5, 0.6) is 5.75 Å². The summed E-state index contributed by atoms with van der Waals surface area (Å²) < 4.78 is 6.27. The summed E-state index contributed by atoms with van der Waals surface area (Å²) in [5, 5.41) is 4.41. The van der Waals surface area contributed by atoms with Crippen LogP contribution >= 0.6 is 0 Å². The van der Waals surface area contributed by atoms with Crippen LogP contribution in [0.4, 0.5) is 0 Å². The first kappa shape index (κ1) is 19.0. The monoisotopic (exact) mass is 424 g/mol. The Morgan fingerprint density at radius 1 is 1.12 bits per heavy atom. The fraction of sp³-hybridized carbons (Fsp3) is 0.269. The van der Waals surface area contributed by atoms with Crippen molar-refractivity contribution in [1.82, 2.24) is 20.3 Å². The smallest absolute Gasteiger partial charge is 0.229 e. The SMILES string of the molecule is O=C(NC[C@@H]1Cc2cccc(-c3cncnc3)c2O1)[C@H]1CCCc2c1[nH]c1ccccc21. The van der Waals surface area contributed by atoms with Gasteiger partial charge in [-0.1, -0.05) is 36.4 Å². The number of para-hydroxylation sites is 2. The second kappa shape index (κ2) is 7.79. The quantitative estimate of drug-likeness (QED) is 0.515. The lowest BCUT2D eigenvalue weighted by Crippen LogP contribution is -2.38. The summed E-state index contributed by atoms with van der Waals surface area (Å²) in [6, 6.07) is 14.5. The third-order valence-corrected chi connectivity index (χ3v) is 6.64. The summed E-state index contributed by atoms with van der Waals surface area (Å²) in [5.41, 5.74) is 6.57. The first-order valence-electron chi connectivity index (χ1n) is 11.2. The molecule has 6 heteroatoms. The van der Waals surface area contributed by atoms with Gasteiger partial charge in [0.1, 0.15) is 18.2 Å². The molecule has 160 valence electrons. The predicted octanol–water partition coefficient (Wildman–Crippen LogP) is 4.16. The molecular formula is C26H24N4O2. The average molecular weight is 425 g/mol. The third-order valence-electron chi connectivity index (χ3n) is 6.64. The summed E-state index contributed by atoms with van der Waals surface area (Å²) in [5.74, 6) is 0.817. The molecule has 2 atom stereocenters. The van der Waals surface area contributed by atoms with E-state index in [0.717, 1.165) is 59.3 Å². The summed E-state index contributed by atoms with van der Waals surface area (Å²) in [4.78, 5) is 24.9. The lowest BCUT2D eigenvalue weighted by molar-refractivity contribution is -0.123. The Labute approximate surface area is 186 Å². The maximum atomic E-state index is 13.2. The van der Waals surface area contributed by atoms with Gasteiger partial charge in [0, 0.05) is 46.5 Å². The molecule has 0 bridgehead atoms. The molecule has 6 rings (SSSR count). The van der Waals surface area contributed by atoms with E-state index in [2.05, 4.69) is 44.5 Å². The number of hydrogen-bond acceptors (Lipinski definition) is 4. The molecule has 0 unspecified atom stereocenters. The Bertz CT molecular complexity index is 1300. The summed E-state index contributed by atoms with van der Waals surface area (Å²) in [6.45, 7) is 0.490. The number of benzene rings is 2. The van der Waals surface area contributed by atoms with E-state index in [9.17, 15) is 4.79 Å². The van der Waals surface area contributed by atoms with Crippen molar-refractivity contribution in [1.29, 1.82) is 0 Å². The fourth-order valence-electron chi connectivity index (χ4n) is 5.13. The Morgan fingerprint density at radius 3 is 2.91 bits per heavy atom. The van der Waals surface area contributed by atoms with Crippen molar-refractivity contribution in [2.45, 2.75) is 37.7 Å². The molecular weight excluding hydrogens is 400 g/mol. The van der Waals surface area contributed by atoms with Gasteiger partial charge in [-0.25, -0.2) is 9.97 Å². The van der Waals surface area contributed by atoms with Gasteiger partial charge in [-0.05, 0) is 36.5 Å². The highest BCUT2D eigenvalue weighted by atomic mass is 16.5. The van der Waals surface area contributed by atoms with E-state index in [1.54, 1.807) is 12.4 Å². The Hall–Kier alpha value is -3.67. The van der Waals surface area contributed by atoms with Gasteiger partial charge in [-0.15, -0.1) is 0 Å². The van der Waals surface area contributed by atoms with Crippen molar-refractivity contribution in [3.8, 4) is 16.9 Å². The molecule has 0 saturated heterocycles. The van der Waals surface area contributed by atoms with Gasteiger partial charge in [-0.2, -0.15) is 0 Å². The van der Waals surface area contributed by atoms with Crippen LogP contribution in [0, 0.1) is 0 Å². The number of hydrogen-bond donors (Lipinski definition) is 2. The number of carbonyl (C=O) groups is 1. The zero-order valence-electron chi connectivity index (χ0n) is 17.7. The topological polar surface area (TPSA) is 79.9 Å². The first-order chi connectivity index (χ1) is 15.8. The lowest BCUT2D eigenvalue weighted by Gasteiger charge is -2.23. The van der Waals surface area contributed by atoms with Crippen LogP contribution in [0.25, 0.3) is 22.0 Å². The highest BCUT2D eigenvalue weighted by molar-refractivity contribution is 5.90. The Kier molecular flexibility index (Phi) is 4.63. The fourth-order valence-corrected chi connectivity index (χ4v) is 5.13. The van der Waals surface area contributed by atoms with Crippen molar-refractivity contribution in [3.63, 3.8) is 0 Å². The summed E-state index contributed by atoms with van der Waals surface area (Å²) in [6.07, 6.45) is 8.73. The van der Waals surface area contributed by atoms with Gasteiger partial charge in [-0.3, -0.25) is 4.79 Å². The first-order valence-corrected chi connectivity index (χ1v) is 11.2. The van der Waals surface area contributed by atoms with E-state index < -0.39 is 0 Å². The molecule has 0 saturated carbocycles. The second-order valence-electron chi connectivity index (χ2n) is 8.62. The van der Waals surface area contributed by atoms with Crippen LogP contribution in [0.3, 0.4) is 0 Å². The van der Waals surface area contributed by atoms with Crippen LogP contribution < -0.4 is 10.1 Å². The molecule has 2 aromatic carbocycles. The average Bonchev–Trinajstić information content (AvgIpc) is 3.44. The number of ether oxygens (including phenoxy) is 1. The number of aryl methyl sites for hydroxylation is 1. The van der Waals surface area contributed by atoms with Crippen molar-refractivity contribution < 1.29 is 9.53 Å². The lowest BCUT2D eigenvalue weighted by atomic mass is 9.86. The molecule has 4 aromatic rings. The molecule has 2 aromatic heterocycles. The number of fused-ring (bicyclic) bond motifs is 4. The van der Waals surface area contributed by atoms with Gasteiger partial charge < -0.3 is 15.0 Å². The molecule has 6 nitrogen and oxygen atoms in total. The maximum absolute atomic E-state index is 13.2. The molecule has 0 radical (unpaired) electrons. The number of H-pyrrole nitrogens is 1. The van der Waals surface area contributed by atoms with Crippen LogP contribution in [0.1, 0.15) is 35.6 Å². The minimum Gasteiger partial charge on any atom is -0.487 e. The van der Waals surface area contributed by atoms with E-state index in [-0.39, 0.29) is 17.9 Å². The van der Waals surface area contributed by atoms with Crippen LogP contribution in [-0.4, -0.2) is 33.5 Å². The third kappa shape index (κ3) is 3.23. The van der Waals surface area contributed by atoms with Crippen LogP contribution in [-0.2, 0) is 17.6 Å². The van der Waals surface area contributed by atoms with E-state index in [1.165, 1.54) is 17.3 Å². The van der Waals surface area contributed by atoms with Crippen molar-refractivity contribution in [2.24, 2.45) is 0 Å². The van der Waals surface area contributed by atoms with Gasteiger partial charge in [0.2, 0.25) is 5.91 Å². The van der Waals surface area contributed by atoms with Crippen molar-refractivity contribution in [3.05, 3.63) is 78.0 Å². The zero-order valence-corrected chi connectivity index (χ0v) is 17.7. The van der Waals surface area contributed by atoms with Gasteiger partial charge in [0.25, 0.3) is 0 Å². The number of nitrogens with zero attached hydrogens (tertiary/aromatic N) is 2. The standard InChI is InChI=1S/C26H24N4O2/c31-26(22-9-4-8-21-20-6-1-2-10-23(20)30-24(21)22)29-14-18-11-16-5-3-7-19(25(16)32-18)17-12-27-15-28-13-17/h1-3,5-7,10,12-13,15,18,22,30H,4,8-9,11,14H2,(H,29,31)/t18-,22-/m0/s1. The number of carbonyl (C=O) groups excluding carboxylic acids is 1. The van der Waals surface area contributed by atoms with Gasteiger partial charge in [0.05, 0.1) is 12.5 Å². The van der Waals surface area contributed by atoms with Gasteiger partial charge in [0.15, 0.2) is 0 Å². The van der Waals surface area contributed by atoms with Crippen molar-refractivity contribution >= 4 is 16.8 Å². The Balaban J connectivity index is 1.17. The van der Waals surface area contributed by atoms with E-state index in [1.807, 2.05) is 18.2 Å². The largest absolute Gasteiger partial charge is 0.487 e. The highest BCUT2D eigenvalue weighted by Crippen LogP contribution is 2.39. The Morgan fingerprint density at radius 2 is 2.00 bits per heavy atom. The minimum atomic E-state index is -0.132. The van der Waals surface area contributed by atoms with Gasteiger partial charge >= 0.3 is 0 Å². The van der Waals surface area contributed by atoms with Crippen LogP contribution in [0.15, 0.2) is 61.2 Å². The van der Waals surface area contributed by atoms with Crippen LogP contribution in [0.2, 0.25) is 0 Å². The number of aromatic amines is 1. The number of nitrogens with one attached hydrogen (secondary N) is 2. The number of rotatable bonds is 4. The highest BCUT2D eigenvalue weighted by Gasteiger charge is 2.31. The molecule has 32 heavy (non-hydrogen) atoms. The summed E-state index contributed by atoms with van der Waals surface area (Å²) in [7, 11) is 0. The molecule has 1 aliphatic heterocycles. The number of amides is 1. The molecule has 1 aliphatic carbocycles. The molecule has 2 aliphatic rings. The minimum absolute atomic E-state index is 0.0775. The molecule has 2 N–H and O–H groups in total. The predicted molar refractivity (Wildman–Crippen MR) is 123 cm³/mol. The molecule has 0 fully saturated rings. The van der Waals surface area contributed by atoms with E-state index >= 15 is 0 Å². The summed E-state index contributed by atoms with van der Waals surface area (Å²) >= 11 is 0. The van der Waals surface area contributed by atoms with E-state index in [4.69, 9.17) is 4.74 Å². The second-order valence-corrected chi connectivity index (χ2v) is 8.62. The zero-order chi connectivity index (χ0) is 21.5. The van der Waals surface area contributed by atoms with E-state index in [0.29, 0.717) is 6.54 Å². The normalized spacial score (nSPS) is 19.2. The van der Waals surface area contributed by atoms with Crippen molar-refractivity contribution in [2.75, 3.05) is 6.54 Å². The molecule has 0 spiro atoms. The molecule has 3 heterocycles. The molecule has 1 amide bonds. The maximum Gasteiger partial charge on any atom is 0.229 e.